The van der Waals surface area contributed by atoms with Gasteiger partial charge >= 0.3 is 0 Å². The van der Waals surface area contributed by atoms with Gasteiger partial charge in [0.1, 0.15) is 0 Å². The summed E-state index contributed by atoms with van der Waals surface area (Å²) in [5.74, 6) is -0.266. The molecule has 0 unspecified atom stereocenters. The van der Waals surface area contributed by atoms with Crippen molar-refractivity contribution in [2.24, 2.45) is 0 Å². The predicted molar refractivity (Wildman–Crippen MR) is 87.9 cm³/mol. The lowest BCUT2D eigenvalue weighted by Gasteiger charge is -2.07. The lowest BCUT2D eigenvalue weighted by atomic mass is 10.2. The van der Waals surface area contributed by atoms with Crippen LogP contribution in [0.2, 0.25) is 0 Å². The Morgan fingerprint density at radius 2 is 2.00 bits per heavy atom. The van der Waals surface area contributed by atoms with E-state index >= 15 is 0 Å². The van der Waals surface area contributed by atoms with Gasteiger partial charge in [-0.25, -0.2) is 0 Å². The Morgan fingerprint density at radius 1 is 1.25 bits per heavy atom. The van der Waals surface area contributed by atoms with E-state index in [1.807, 2.05) is 6.07 Å². The first-order valence-corrected chi connectivity index (χ1v) is 7.35. The van der Waals surface area contributed by atoms with Crippen LogP contribution < -0.4 is 5.32 Å². The Balaban J connectivity index is 2.22. The Bertz CT molecular complexity index is 691. The van der Waals surface area contributed by atoms with Crippen molar-refractivity contribution in [3.05, 3.63) is 66.2 Å². The zero-order valence-corrected chi connectivity index (χ0v) is 13.7. The van der Waals surface area contributed by atoms with Crippen molar-refractivity contribution in [3.63, 3.8) is 0 Å². The summed E-state index contributed by atoms with van der Waals surface area (Å²) in [4.78, 5) is 22.2. The number of nitro benzene ring substituents is 1. The third kappa shape index (κ3) is 3.54. The summed E-state index contributed by atoms with van der Waals surface area (Å²) in [6.45, 7) is 0. The molecule has 102 valence electrons. The molecule has 0 radical (unpaired) electrons. The van der Waals surface area contributed by atoms with Crippen LogP contribution >= 0.6 is 38.5 Å². The van der Waals surface area contributed by atoms with E-state index in [1.54, 1.807) is 18.2 Å². The molecule has 0 saturated heterocycles. The van der Waals surface area contributed by atoms with Crippen molar-refractivity contribution in [1.29, 1.82) is 0 Å². The van der Waals surface area contributed by atoms with Gasteiger partial charge in [0.05, 0.1) is 10.6 Å². The van der Waals surface area contributed by atoms with E-state index < -0.39 is 4.92 Å². The van der Waals surface area contributed by atoms with E-state index in [1.165, 1.54) is 18.2 Å². The Kier molecular flexibility index (Phi) is 4.71. The monoisotopic (exact) mass is 446 g/mol. The third-order valence-electron chi connectivity index (χ3n) is 2.50. The van der Waals surface area contributed by atoms with Gasteiger partial charge in [0.25, 0.3) is 11.6 Å². The highest BCUT2D eigenvalue weighted by atomic mass is 127. The number of halogens is 2. The molecule has 0 bridgehead atoms. The standard InChI is InChI=1S/C13H8BrIN2O3/c14-11-7-10(17(19)20)4-5-12(11)16-13(18)8-2-1-3-9(15)6-8/h1-7H,(H,16,18). The van der Waals surface area contributed by atoms with E-state index in [0.717, 1.165) is 3.57 Å². The SMILES string of the molecule is O=C(Nc1ccc([N+](=O)[O-])cc1Br)c1cccc(I)c1. The molecule has 0 heterocycles. The van der Waals surface area contributed by atoms with Crippen LogP contribution in [0.15, 0.2) is 46.9 Å². The normalized spacial score (nSPS) is 10.1. The first kappa shape index (κ1) is 14.9. The molecule has 2 rings (SSSR count). The van der Waals surface area contributed by atoms with Crippen LogP contribution in [0.1, 0.15) is 10.4 Å². The Labute approximate surface area is 136 Å². The maximum absolute atomic E-state index is 12.1. The molecule has 7 heteroatoms. The number of nitrogens with zero attached hydrogens (tertiary/aromatic N) is 1. The van der Waals surface area contributed by atoms with Crippen molar-refractivity contribution in [2.75, 3.05) is 5.32 Å². The summed E-state index contributed by atoms with van der Waals surface area (Å²) >= 11 is 5.33. The highest BCUT2D eigenvalue weighted by Crippen LogP contribution is 2.27. The highest BCUT2D eigenvalue weighted by molar-refractivity contribution is 14.1. The topological polar surface area (TPSA) is 72.2 Å². The molecule has 2 aromatic carbocycles. The van der Waals surface area contributed by atoms with E-state index in [0.29, 0.717) is 15.7 Å². The number of anilines is 1. The number of hydrogen-bond acceptors (Lipinski definition) is 3. The zero-order valence-electron chi connectivity index (χ0n) is 9.97. The predicted octanol–water partition coefficient (Wildman–Crippen LogP) is 4.21. The molecule has 0 aliphatic heterocycles. The van der Waals surface area contributed by atoms with Crippen LogP contribution in [0.5, 0.6) is 0 Å². The highest BCUT2D eigenvalue weighted by Gasteiger charge is 2.12. The second-order valence-corrected chi connectivity index (χ2v) is 5.99. The maximum atomic E-state index is 12.1. The first-order chi connectivity index (χ1) is 9.47. The number of hydrogen-bond donors (Lipinski definition) is 1. The summed E-state index contributed by atoms with van der Waals surface area (Å²) in [5.41, 5.74) is 0.978. The first-order valence-electron chi connectivity index (χ1n) is 5.48. The van der Waals surface area contributed by atoms with Crippen molar-refractivity contribution < 1.29 is 9.72 Å². The van der Waals surface area contributed by atoms with E-state index in [9.17, 15) is 14.9 Å². The molecular weight excluding hydrogens is 439 g/mol. The van der Waals surface area contributed by atoms with Crippen LogP contribution in [0, 0.1) is 13.7 Å². The molecule has 0 fully saturated rings. The van der Waals surface area contributed by atoms with Crippen molar-refractivity contribution in [3.8, 4) is 0 Å². The number of nitro groups is 1. The van der Waals surface area contributed by atoms with Gasteiger partial charge in [0.2, 0.25) is 0 Å². The van der Waals surface area contributed by atoms with Crippen LogP contribution in [0.4, 0.5) is 11.4 Å². The van der Waals surface area contributed by atoms with Gasteiger partial charge < -0.3 is 5.32 Å². The summed E-state index contributed by atoms with van der Waals surface area (Å²) in [6, 6.07) is 11.3. The van der Waals surface area contributed by atoms with Crippen molar-refractivity contribution in [2.45, 2.75) is 0 Å². The van der Waals surface area contributed by atoms with Gasteiger partial charge in [-0.05, 0) is 62.8 Å². The van der Waals surface area contributed by atoms with Crippen LogP contribution in [0.25, 0.3) is 0 Å². The number of rotatable bonds is 3. The number of amides is 1. The molecule has 0 aliphatic rings. The summed E-state index contributed by atoms with van der Waals surface area (Å²) in [5, 5.41) is 13.4. The number of benzene rings is 2. The average molecular weight is 447 g/mol. The van der Waals surface area contributed by atoms with E-state index in [-0.39, 0.29) is 11.6 Å². The van der Waals surface area contributed by atoms with E-state index in [2.05, 4.69) is 43.8 Å². The molecule has 2 aromatic rings. The van der Waals surface area contributed by atoms with Gasteiger partial charge in [0, 0.05) is 25.7 Å². The number of nitrogens with one attached hydrogen (secondary N) is 1. The summed E-state index contributed by atoms with van der Waals surface area (Å²) < 4.78 is 1.42. The smallest absolute Gasteiger partial charge is 0.270 e. The summed E-state index contributed by atoms with van der Waals surface area (Å²) in [7, 11) is 0. The number of carbonyl (C=O) groups is 1. The fraction of sp³-hybridized carbons (Fsp3) is 0. The number of carbonyl (C=O) groups excluding carboxylic acids is 1. The van der Waals surface area contributed by atoms with Crippen molar-refractivity contribution in [1.82, 2.24) is 0 Å². The quantitative estimate of drug-likeness (QED) is 0.436. The zero-order chi connectivity index (χ0) is 14.7. The fourth-order valence-electron chi connectivity index (χ4n) is 1.54. The minimum absolute atomic E-state index is 0.0378. The van der Waals surface area contributed by atoms with E-state index in [4.69, 9.17) is 0 Å². The van der Waals surface area contributed by atoms with Gasteiger partial charge in [-0.2, -0.15) is 0 Å². The largest absolute Gasteiger partial charge is 0.321 e. The lowest BCUT2D eigenvalue weighted by Crippen LogP contribution is -2.12. The van der Waals surface area contributed by atoms with Gasteiger partial charge in [-0.3, -0.25) is 14.9 Å². The van der Waals surface area contributed by atoms with Gasteiger partial charge in [0.15, 0.2) is 0 Å². The van der Waals surface area contributed by atoms with Crippen molar-refractivity contribution >= 4 is 55.8 Å². The summed E-state index contributed by atoms with van der Waals surface area (Å²) in [6.07, 6.45) is 0. The van der Waals surface area contributed by atoms with Crippen LogP contribution in [0.3, 0.4) is 0 Å². The molecule has 0 aromatic heterocycles. The Morgan fingerprint density at radius 3 is 2.60 bits per heavy atom. The van der Waals surface area contributed by atoms with Gasteiger partial charge in [-0.15, -0.1) is 0 Å². The second-order valence-electron chi connectivity index (χ2n) is 3.89. The lowest BCUT2D eigenvalue weighted by molar-refractivity contribution is -0.384. The second kappa shape index (κ2) is 6.31. The molecular formula is C13H8BrIN2O3. The third-order valence-corrected chi connectivity index (χ3v) is 3.83. The fourth-order valence-corrected chi connectivity index (χ4v) is 2.55. The van der Waals surface area contributed by atoms with Crippen LogP contribution in [-0.4, -0.2) is 10.8 Å². The molecule has 0 saturated carbocycles. The molecule has 1 N–H and O–H groups in total. The molecule has 1 amide bonds. The molecule has 0 atom stereocenters. The van der Waals surface area contributed by atoms with Crippen LogP contribution in [-0.2, 0) is 0 Å². The minimum Gasteiger partial charge on any atom is -0.321 e. The number of non-ortho nitro benzene ring substituents is 1. The minimum atomic E-state index is -0.490. The van der Waals surface area contributed by atoms with Gasteiger partial charge in [-0.1, -0.05) is 6.07 Å². The molecule has 0 spiro atoms. The molecule has 0 aliphatic carbocycles. The molecule has 20 heavy (non-hydrogen) atoms. The maximum Gasteiger partial charge on any atom is 0.270 e. The average Bonchev–Trinajstić information content (AvgIpc) is 2.40. The Hall–Kier alpha value is -1.48. The molecule has 5 nitrogen and oxygen atoms in total.